The molecule has 2 aromatic rings. The van der Waals surface area contributed by atoms with Gasteiger partial charge in [-0.2, -0.15) is 4.31 Å². The van der Waals surface area contributed by atoms with E-state index in [2.05, 4.69) is 17.0 Å². The normalized spacial score (nSPS) is 17.4. The topological polar surface area (TPSA) is 79.5 Å². The van der Waals surface area contributed by atoms with Crippen LogP contribution in [0.5, 0.6) is 0 Å². The minimum absolute atomic E-state index is 0.149. The summed E-state index contributed by atoms with van der Waals surface area (Å²) in [6.07, 6.45) is 0.517. The SMILES string of the molecule is NCCCS(=O)(=O)N1CCN(Cc2ccc3ccccc3n2)CC1. The van der Waals surface area contributed by atoms with E-state index in [1.54, 1.807) is 4.31 Å². The Morgan fingerprint density at radius 3 is 2.54 bits per heavy atom. The maximum atomic E-state index is 12.2. The van der Waals surface area contributed by atoms with Crippen molar-refractivity contribution in [3.63, 3.8) is 0 Å². The third kappa shape index (κ3) is 4.10. The summed E-state index contributed by atoms with van der Waals surface area (Å²) < 4.78 is 26.0. The molecule has 1 fully saturated rings. The monoisotopic (exact) mass is 348 g/mol. The third-order valence-electron chi connectivity index (χ3n) is 4.37. The molecule has 0 amide bonds. The number of rotatable bonds is 6. The number of piperazine rings is 1. The molecule has 1 aromatic carbocycles. The summed E-state index contributed by atoms with van der Waals surface area (Å²) >= 11 is 0. The molecule has 6 nitrogen and oxygen atoms in total. The van der Waals surface area contributed by atoms with Crippen molar-refractivity contribution in [3.05, 3.63) is 42.1 Å². The molecule has 2 heterocycles. The molecule has 0 atom stereocenters. The lowest BCUT2D eigenvalue weighted by atomic mass is 10.2. The second kappa shape index (κ2) is 7.57. The standard InChI is InChI=1S/C17H24N4O2S/c18-8-3-13-24(22,23)21-11-9-20(10-12-21)14-16-7-6-15-4-1-2-5-17(15)19-16/h1-2,4-7H,3,8-14,18H2. The fourth-order valence-corrected chi connectivity index (χ4v) is 4.50. The highest BCUT2D eigenvalue weighted by molar-refractivity contribution is 7.89. The lowest BCUT2D eigenvalue weighted by molar-refractivity contribution is 0.180. The van der Waals surface area contributed by atoms with Crippen molar-refractivity contribution >= 4 is 20.9 Å². The van der Waals surface area contributed by atoms with Gasteiger partial charge in [0.2, 0.25) is 10.0 Å². The molecule has 1 aliphatic rings. The van der Waals surface area contributed by atoms with Gasteiger partial charge < -0.3 is 5.73 Å². The summed E-state index contributed by atoms with van der Waals surface area (Å²) in [5, 5.41) is 1.14. The van der Waals surface area contributed by atoms with E-state index in [0.29, 0.717) is 26.1 Å². The first-order chi connectivity index (χ1) is 11.6. The van der Waals surface area contributed by atoms with Crippen molar-refractivity contribution < 1.29 is 8.42 Å². The first-order valence-corrected chi connectivity index (χ1v) is 9.94. The van der Waals surface area contributed by atoms with E-state index >= 15 is 0 Å². The highest BCUT2D eigenvalue weighted by atomic mass is 32.2. The van der Waals surface area contributed by atoms with Gasteiger partial charge in [0.15, 0.2) is 0 Å². The van der Waals surface area contributed by atoms with Gasteiger partial charge in [-0.1, -0.05) is 24.3 Å². The fourth-order valence-electron chi connectivity index (χ4n) is 2.99. The summed E-state index contributed by atoms with van der Waals surface area (Å²) in [5.41, 5.74) is 7.43. The van der Waals surface area contributed by atoms with Gasteiger partial charge in [-0.15, -0.1) is 0 Å². The van der Waals surface area contributed by atoms with E-state index in [0.717, 1.165) is 36.2 Å². The number of nitrogens with zero attached hydrogens (tertiary/aromatic N) is 3. The average molecular weight is 348 g/mol. The Bertz CT molecular complexity index is 786. The van der Waals surface area contributed by atoms with Gasteiger partial charge in [0, 0.05) is 38.1 Å². The van der Waals surface area contributed by atoms with Crippen LogP contribution in [0.15, 0.2) is 36.4 Å². The largest absolute Gasteiger partial charge is 0.330 e. The van der Waals surface area contributed by atoms with E-state index in [-0.39, 0.29) is 5.75 Å². The molecule has 0 spiro atoms. The molecular weight excluding hydrogens is 324 g/mol. The van der Waals surface area contributed by atoms with E-state index in [1.807, 2.05) is 24.3 Å². The van der Waals surface area contributed by atoms with Gasteiger partial charge in [0.1, 0.15) is 0 Å². The first-order valence-electron chi connectivity index (χ1n) is 8.33. The summed E-state index contributed by atoms with van der Waals surface area (Å²) in [4.78, 5) is 6.95. The Morgan fingerprint density at radius 2 is 1.79 bits per heavy atom. The number of pyridine rings is 1. The molecule has 0 aliphatic carbocycles. The Morgan fingerprint density at radius 1 is 1.04 bits per heavy atom. The Labute approximate surface area is 143 Å². The molecule has 3 rings (SSSR count). The van der Waals surface area contributed by atoms with Crippen LogP contribution in [0.25, 0.3) is 10.9 Å². The Balaban J connectivity index is 1.58. The van der Waals surface area contributed by atoms with Gasteiger partial charge in [0.05, 0.1) is 17.0 Å². The second-order valence-corrected chi connectivity index (χ2v) is 8.22. The van der Waals surface area contributed by atoms with Crippen LogP contribution in [0.4, 0.5) is 0 Å². The second-order valence-electron chi connectivity index (χ2n) is 6.13. The summed E-state index contributed by atoms with van der Waals surface area (Å²) in [5.74, 6) is 0.149. The molecule has 24 heavy (non-hydrogen) atoms. The van der Waals surface area contributed by atoms with Gasteiger partial charge in [-0.3, -0.25) is 9.88 Å². The van der Waals surface area contributed by atoms with Crippen molar-refractivity contribution in [2.45, 2.75) is 13.0 Å². The van der Waals surface area contributed by atoms with Gasteiger partial charge in [-0.25, -0.2) is 8.42 Å². The minimum atomic E-state index is -3.16. The van der Waals surface area contributed by atoms with Crippen LogP contribution in [-0.2, 0) is 16.6 Å². The predicted molar refractivity (Wildman–Crippen MR) is 96.1 cm³/mol. The van der Waals surface area contributed by atoms with Crippen molar-refractivity contribution in [1.29, 1.82) is 0 Å². The molecule has 1 aliphatic heterocycles. The van der Waals surface area contributed by atoms with E-state index in [4.69, 9.17) is 10.7 Å². The van der Waals surface area contributed by atoms with Crippen LogP contribution >= 0.6 is 0 Å². The number of hydrogen-bond acceptors (Lipinski definition) is 5. The molecule has 1 saturated heterocycles. The summed E-state index contributed by atoms with van der Waals surface area (Å²) in [6.45, 7) is 3.71. The Kier molecular flexibility index (Phi) is 5.45. The van der Waals surface area contributed by atoms with Crippen LogP contribution in [0.3, 0.4) is 0 Å². The first kappa shape index (κ1) is 17.3. The van der Waals surface area contributed by atoms with Crippen LogP contribution in [0.1, 0.15) is 12.1 Å². The van der Waals surface area contributed by atoms with E-state index < -0.39 is 10.0 Å². The minimum Gasteiger partial charge on any atom is -0.330 e. The zero-order valence-corrected chi connectivity index (χ0v) is 14.6. The smallest absolute Gasteiger partial charge is 0.214 e. The number of sulfonamides is 1. The zero-order valence-electron chi connectivity index (χ0n) is 13.8. The van der Waals surface area contributed by atoms with Crippen molar-refractivity contribution in [3.8, 4) is 0 Å². The zero-order chi connectivity index (χ0) is 17.0. The molecule has 130 valence electrons. The number of benzene rings is 1. The maximum Gasteiger partial charge on any atom is 0.214 e. The Hall–Kier alpha value is -1.54. The van der Waals surface area contributed by atoms with E-state index in [9.17, 15) is 8.42 Å². The molecule has 7 heteroatoms. The molecular formula is C17H24N4O2S. The molecule has 2 N–H and O–H groups in total. The van der Waals surface area contributed by atoms with Gasteiger partial charge >= 0.3 is 0 Å². The highest BCUT2D eigenvalue weighted by Gasteiger charge is 2.26. The summed E-state index contributed by atoms with van der Waals surface area (Å²) in [6, 6.07) is 12.2. The molecule has 1 aromatic heterocycles. The lowest BCUT2D eigenvalue weighted by Crippen LogP contribution is -2.49. The highest BCUT2D eigenvalue weighted by Crippen LogP contribution is 2.15. The van der Waals surface area contributed by atoms with Crippen molar-refractivity contribution in [2.75, 3.05) is 38.5 Å². The van der Waals surface area contributed by atoms with E-state index in [1.165, 1.54) is 0 Å². The molecule has 0 unspecified atom stereocenters. The molecule has 0 radical (unpaired) electrons. The van der Waals surface area contributed by atoms with Crippen molar-refractivity contribution in [1.82, 2.24) is 14.2 Å². The molecule has 0 saturated carbocycles. The molecule has 0 bridgehead atoms. The number of aromatic nitrogens is 1. The van der Waals surface area contributed by atoms with Crippen LogP contribution < -0.4 is 5.73 Å². The quantitative estimate of drug-likeness (QED) is 0.843. The fraction of sp³-hybridized carbons (Fsp3) is 0.471. The van der Waals surface area contributed by atoms with Gasteiger partial charge in [-0.05, 0) is 25.1 Å². The van der Waals surface area contributed by atoms with Crippen LogP contribution in [0.2, 0.25) is 0 Å². The maximum absolute atomic E-state index is 12.2. The number of para-hydroxylation sites is 1. The van der Waals surface area contributed by atoms with Crippen LogP contribution in [-0.4, -0.2) is 61.1 Å². The average Bonchev–Trinajstić information content (AvgIpc) is 2.60. The number of nitrogens with two attached hydrogens (primary N) is 1. The van der Waals surface area contributed by atoms with Gasteiger partial charge in [0.25, 0.3) is 0 Å². The van der Waals surface area contributed by atoms with Crippen LogP contribution in [0, 0.1) is 0 Å². The van der Waals surface area contributed by atoms with Crippen molar-refractivity contribution in [2.24, 2.45) is 5.73 Å². The number of fused-ring (bicyclic) bond motifs is 1. The number of hydrogen-bond donors (Lipinski definition) is 1. The predicted octanol–water partition coefficient (Wildman–Crippen LogP) is 1.03. The summed E-state index contributed by atoms with van der Waals surface area (Å²) in [7, 11) is -3.16. The third-order valence-corrected chi connectivity index (χ3v) is 6.33. The lowest BCUT2D eigenvalue weighted by Gasteiger charge is -2.33.